The number of nitro benzene ring substituents is 1. The molecule has 0 saturated heterocycles. The number of thiophene rings is 1. The number of amides is 2. The van der Waals surface area contributed by atoms with Crippen molar-refractivity contribution in [2.45, 2.75) is 20.3 Å². The lowest BCUT2D eigenvalue weighted by molar-refractivity contribution is -0.387. The fourth-order valence-corrected chi connectivity index (χ4v) is 3.03. The molecular weight excluding hydrogens is 337 g/mol. The number of aryl methyl sites for hydroxylation is 2. The Morgan fingerprint density at radius 3 is 2.50 bits per heavy atom. The standard InChI is InChI=1S/C15H14FN3O4S/c1-3-12-8(2)6-13(24-12)15(21)18-17-14(20)9-4-5-10(16)11(7-9)19(22)23/h4-7H,3H2,1-2H3,(H,17,20)(H,18,21). The molecule has 0 spiro atoms. The van der Waals surface area contributed by atoms with Gasteiger partial charge in [0, 0.05) is 16.5 Å². The molecule has 2 aromatic rings. The van der Waals surface area contributed by atoms with Gasteiger partial charge in [-0.3, -0.25) is 30.6 Å². The first-order valence-corrected chi connectivity index (χ1v) is 7.79. The monoisotopic (exact) mass is 351 g/mol. The lowest BCUT2D eigenvalue weighted by atomic mass is 10.2. The first-order chi connectivity index (χ1) is 11.3. The van der Waals surface area contributed by atoms with E-state index in [1.165, 1.54) is 11.3 Å². The van der Waals surface area contributed by atoms with Crippen LogP contribution in [0.1, 0.15) is 37.4 Å². The number of halogens is 1. The molecule has 1 heterocycles. The number of hydrogen-bond acceptors (Lipinski definition) is 5. The van der Waals surface area contributed by atoms with Crippen LogP contribution in [0, 0.1) is 22.9 Å². The highest BCUT2D eigenvalue weighted by Crippen LogP contribution is 2.22. The third kappa shape index (κ3) is 3.74. The number of nitrogens with zero attached hydrogens (tertiary/aromatic N) is 1. The van der Waals surface area contributed by atoms with Gasteiger partial charge in [-0.15, -0.1) is 11.3 Å². The first kappa shape index (κ1) is 17.5. The molecule has 126 valence electrons. The van der Waals surface area contributed by atoms with Crippen LogP contribution < -0.4 is 10.9 Å². The van der Waals surface area contributed by atoms with Crippen molar-refractivity contribution in [2.24, 2.45) is 0 Å². The van der Waals surface area contributed by atoms with Crippen molar-refractivity contribution in [2.75, 3.05) is 0 Å². The van der Waals surface area contributed by atoms with E-state index in [1.807, 2.05) is 13.8 Å². The molecule has 2 amide bonds. The van der Waals surface area contributed by atoms with Crippen molar-refractivity contribution in [1.82, 2.24) is 10.9 Å². The molecule has 2 rings (SSSR count). The molecule has 1 aromatic carbocycles. The van der Waals surface area contributed by atoms with Gasteiger partial charge in [0.15, 0.2) is 0 Å². The molecule has 1 aromatic heterocycles. The zero-order valence-electron chi connectivity index (χ0n) is 12.9. The predicted molar refractivity (Wildman–Crippen MR) is 86.4 cm³/mol. The molecule has 0 radical (unpaired) electrons. The van der Waals surface area contributed by atoms with Crippen molar-refractivity contribution in [3.8, 4) is 0 Å². The molecule has 2 N–H and O–H groups in total. The van der Waals surface area contributed by atoms with Crippen LogP contribution in [0.2, 0.25) is 0 Å². The molecule has 7 nitrogen and oxygen atoms in total. The van der Waals surface area contributed by atoms with E-state index in [0.29, 0.717) is 4.88 Å². The predicted octanol–water partition coefficient (Wildman–Crippen LogP) is 2.74. The highest BCUT2D eigenvalue weighted by atomic mass is 32.1. The number of rotatable bonds is 4. The van der Waals surface area contributed by atoms with Gasteiger partial charge in [-0.1, -0.05) is 6.92 Å². The molecule has 0 aliphatic heterocycles. The second kappa shape index (κ2) is 7.18. The Morgan fingerprint density at radius 2 is 1.92 bits per heavy atom. The number of nitro groups is 1. The summed E-state index contributed by atoms with van der Waals surface area (Å²) in [6.45, 7) is 3.87. The molecule has 0 bridgehead atoms. The number of hydrazine groups is 1. The zero-order valence-corrected chi connectivity index (χ0v) is 13.7. The van der Waals surface area contributed by atoms with Gasteiger partial charge < -0.3 is 0 Å². The fourth-order valence-electron chi connectivity index (χ4n) is 2.02. The highest BCUT2D eigenvalue weighted by molar-refractivity contribution is 7.14. The van der Waals surface area contributed by atoms with E-state index in [0.717, 1.165) is 35.1 Å². The smallest absolute Gasteiger partial charge is 0.267 e. The number of carbonyl (C=O) groups is 2. The maximum Gasteiger partial charge on any atom is 0.305 e. The summed E-state index contributed by atoms with van der Waals surface area (Å²) >= 11 is 1.32. The number of hydrogen-bond donors (Lipinski definition) is 2. The van der Waals surface area contributed by atoms with Gasteiger partial charge in [-0.2, -0.15) is 4.39 Å². The molecule has 0 saturated carbocycles. The Bertz CT molecular complexity index is 819. The van der Waals surface area contributed by atoms with Gasteiger partial charge >= 0.3 is 5.69 Å². The highest BCUT2D eigenvalue weighted by Gasteiger charge is 2.18. The molecule has 0 unspecified atom stereocenters. The third-order valence-electron chi connectivity index (χ3n) is 3.26. The Labute approximate surface area is 140 Å². The quantitative estimate of drug-likeness (QED) is 0.653. The first-order valence-electron chi connectivity index (χ1n) is 6.97. The van der Waals surface area contributed by atoms with E-state index in [9.17, 15) is 24.1 Å². The molecule has 0 aliphatic rings. The topological polar surface area (TPSA) is 101 Å². The van der Waals surface area contributed by atoms with E-state index in [4.69, 9.17) is 0 Å². The van der Waals surface area contributed by atoms with Crippen LogP contribution in [0.3, 0.4) is 0 Å². The van der Waals surface area contributed by atoms with Gasteiger partial charge in [0.25, 0.3) is 11.8 Å². The lowest BCUT2D eigenvalue weighted by Gasteiger charge is -2.06. The van der Waals surface area contributed by atoms with E-state index in [-0.39, 0.29) is 5.56 Å². The summed E-state index contributed by atoms with van der Waals surface area (Å²) in [6, 6.07) is 4.44. The van der Waals surface area contributed by atoms with E-state index < -0.39 is 28.2 Å². The van der Waals surface area contributed by atoms with E-state index in [2.05, 4.69) is 10.9 Å². The Hall–Kier alpha value is -2.81. The fraction of sp³-hybridized carbons (Fsp3) is 0.200. The van der Waals surface area contributed by atoms with E-state index in [1.54, 1.807) is 6.07 Å². The summed E-state index contributed by atoms with van der Waals surface area (Å²) in [5, 5.41) is 10.7. The summed E-state index contributed by atoms with van der Waals surface area (Å²) in [4.78, 5) is 35.2. The van der Waals surface area contributed by atoms with Crippen LogP contribution in [0.25, 0.3) is 0 Å². The van der Waals surface area contributed by atoms with E-state index >= 15 is 0 Å². The van der Waals surface area contributed by atoms with Crippen molar-refractivity contribution in [3.05, 3.63) is 61.1 Å². The molecular formula is C15H14FN3O4S. The number of benzene rings is 1. The lowest BCUT2D eigenvalue weighted by Crippen LogP contribution is -2.41. The van der Waals surface area contributed by atoms with Gasteiger partial charge in [0.1, 0.15) is 0 Å². The van der Waals surface area contributed by atoms with Crippen molar-refractivity contribution in [3.63, 3.8) is 0 Å². The molecule has 24 heavy (non-hydrogen) atoms. The van der Waals surface area contributed by atoms with Crippen molar-refractivity contribution >= 4 is 28.8 Å². The van der Waals surface area contributed by atoms with Gasteiger partial charge in [-0.25, -0.2) is 0 Å². The van der Waals surface area contributed by atoms with Crippen LogP contribution in [0.4, 0.5) is 10.1 Å². The largest absolute Gasteiger partial charge is 0.305 e. The Kier molecular flexibility index (Phi) is 5.24. The normalized spacial score (nSPS) is 10.3. The molecule has 9 heteroatoms. The second-order valence-electron chi connectivity index (χ2n) is 4.90. The van der Waals surface area contributed by atoms with Gasteiger partial charge in [0.2, 0.25) is 5.82 Å². The van der Waals surface area contributed by atoms with Crippen LogP contribution in [0.15, 0.2) is 24.3 Å². The van der Waals surface area contributed by atoms with Crippen molar-refractivity contribution in [1.29, 1.82) is 0 Å². The van der Waals surface area contributed by atoms with Crippen LogP contribution >= 0.6 is 11.3 Å². The van der Waals surface area contributed by atoms with Crippen molar-refractivity contribution < 1.29 is 18.9 Å². The Morgan fingerprint density at radius 1 is 1.25 bits per heavy atom. The maximum absolute atomic E-state index is 13.3. The summed E-state index contributed by atoms with van der Waals surface area (Å²) in [5.41, 5.74) is 4.43. The minimum Gasteiger partial charge on any atom is -0.267 e. The summed E-state index contributed by atoms with van der Waals surface area (Å²) in [5.74, 6) is -2.31. The zero-order chi connectivity index (χ0) is 17.9. The average molecular weight is 351 g/mol. The van der Waals surface area contributed by atoms with Gasteiger partial charge in [0.05, 0.1) is 9.80 Å². The maximum atomic E-state index is 13.3. The average Bonchev–Trinajstić information content (AvgIpc) is 2.93. The van der Waals surface area contributed by atoms with Gasteiger partial charge in [-0.05, 0) is 37.1 Å². The minimum atomic E-state index is -1.04. The summed E-state index contributed by atoms with van der Waals surface area (Å²) in [7, 11) is 0. The second-order valence-corrected chi connectivity index (χ2v) is 6.04. The van der Waals surface area contributed by atoms with Crippen LogP contribution in [-0.2, 0) is 6.42 Å². The minimum absolute atomic E-state index is 0.139. The van der Waals surface area contributed by atoms with Crippen LogP contribution in [-0.4, -0.2) is 16.7 Å². The molecule has 0 aliphatic carbocycles. The number of carbonyl (C=O) groups excluding carboxylic acids is 2. The molecule has 0 fully saturated rings. The number of nitrogens with one attached hydrogen (secondary N) is 2. The summed E-state index contributed by atoms with van der Waals surface area (Å²) < 4.78 is 13.3. The third-order valence-corrected chi connectivity index (χ3v) is 4.64. The SMILES string of the molecule is CCc1sc(C(=O)NNC(=O)c2ccc(F)c([N+](=O)[O-])c2)cc1C. The Balaban J connectivity index is 2.06. The molecule has 0 atom stereocenters. The van der Waals surface area contributed by atoms with Crippen LogP contribution in [0.5, 0.6) is 0 Å². The summed E-state index contributed by atoms with van der Waals surface area (Å²) in [6.07, 6.45) is 0.801.